The van der Waals surface area contributed by atoms with Gasteiger partial charge in [0.1, 0.15) is 0 Å². The number of carboxylic acid groups (broad SMARTS) is 1. The lowest BCUT2D eigenvalue weighted by Crippen LogP contribution is -2.50. The van der Waals surface area contributed by atoms with Crippen molar-refractivity contribution >= 4 is 11.7 Å². The summed E-state index contributed by atoms with van der Waals surface area (Å²) in [6.45, 7) is 4.75. The summed E-state index contributed by atoms with van der Waals surface area (Å²) in [7, 11) is 0. The molecule has 4 heteroatoms. The Kier molecular flexibility index (Phi) is 4.01. The van der Waals surface area contributed by atoms with Crippen molar-refractivity contribution in [1.29, 1.82) is 0 Å². The number of carbonyl (C=O) groups is 1. The van der Waals surface area contributed by atoms with Crippen LogP contribution in [0.2, 0.25) is 0 Å². The van der Waals surface area contributed by atoms with Crippen molar-refractivity contribution in [3.05, 3.63) is 11.6 Å². The second-order valence-electron chi connectivity index (χ2n) is 9.49. The van der Waals surface area contributed by atoms with Gasteiger partial charge in [0, 0.05) is 11.4 Å². The van der Waals surface area contributed by atoms with Gasteiger partial charge in [-0.25, -0.2) is 0 Å². The molecule has 3 fully saturated rings. The molecule has 0 heterocycles. The highest BCUT2D eigenvalue weighted by Gasteiger charge is 2.57. The Morgan fingerprint density at radius 2 is 1.96 bits per heavy atom. The first-order valence-electron chi connectivity index (χ1n) is 9.99. The fraction of sp³-hybridized carbons (Fsp3) is 0.810. The van der Waals surface area contributed by atoms with E-state index in [4.69, 9.17) is 0 Å². The van der Waals surface area contributed by atoms with E-state index < -0.39 is 5.97 Å². The first-order chi connectivity index (χ1) is 11.9. The van der Waals surface area contributed by atoms with Gasteiger partial charge in [0.15, 0.2) is 0 Å². The highest BCUT2D eigenvalue weighted by molar-refractivity contribution is 5.92. The normalized spacial score (nSPS) is 47.6. The van der Waals surface area contributed by atoms with E-state index in [1.165, 1.54) is 12.0 Å². The Bertz CT molecular complexity index is 639. The number of allylic oxidation sites excluding steroid dienone is 2. The molecule has 0 aromatic rings. The molecular weight excluding hydrogens is 314 g/mol. The lowest BCUT2D eigenvalue weighted by molar-refractivity contribution is -0.307. The molecular formula is C21H30NO3-. The largest absolute Gasteiger partial charge is 0.550 e. The number of carboxylic acids is 1. The van der Waals surface area contributed by atoms with E-state index in [0.717, 1.165) is 50.7 Å². The maximum Gasteiger partial charge on any atom is 0.0632 e. The van der Waals surface area contributed by atoms with Gasteiger partial charge in [0.2, 0.25) is 0 Å². The molecule has 0 radical (unpaired) electrons. The zero-order valence-electron chi connectivity index (χ0n) is 15.5. The Morgan fingerprint density at radius 1 is 1.24 bits per heavy atom. The predicted octanol–water partition coefficient (Wildman–Crippen LogP) is 3.54. The van der Waals surface area contributed by atoms with Crippen molar-refractivity contribution in [2.45, 2.75) is 71.6 Å². The third-order valence-corrected chi connectivity index (χ3v) is 8.52. The van der Waals surface area contributed by atoms with Crippen LogP contribution in [0.1, 0.15) is 71.6 Å². The molecule has 6 atom stereocenters. The molecule has 4 aliphatic rings. The predicted molar refractivity (Wildman–Crippen MR) is 94.0 cm³/mol. The van der Waals surface area contributed by atoms with E-state index >= 15 is 0 Å². The van der Waals surface area contributed by atoms with E-state index in [2.05, 4.69) is 25.1 Å². The quantitative estimate of drug-likeness (QED) is 0.473. The van der Waals surface area contributed by atoms with Crippen molar-refractivity contribution in [3.8, 4) is 0 Å². The van der Waals surface area contributed by atoms with Crippen molar-refractivity contribution in [3.63, 3.8) is 0 Å². The zero-order valence-corrected chi connectivity index (χ0v) is 15.5. The van der Waals surface area contributed by atoms with Gasteiger partial charge in [-0.15, -0.1) is 0 Å². The minimum absolute atomic E-state index is 0.0871. The standard InChI is InChI=1S/C21H31NO3/c1-20-9-7-13(12-19(23)24)11-14(20)3-4-15-16-5-6-18(22-25)21(16,2)10-8-17(15)20/h3,13,15-17,25H,4-12H2,1-2H3,(H,23,24)/p-1/b22-18-/t13-,15-,16-,17-,20-,21-/m0/s1. The summed E-state index contributed by atoms with van der Waals surface area (Å²) in [5.74, 6) is 1.37. The van der Waals surface area contributed by atoms with Crippen LogP contribution >= 0.6 is 0 Å². The van der Waals surface area contributed by atoms with Crippen molar-refractivity contribution in [2.24, 2.45) is 39.7 Å². The second-order valence-corrected chi connectivity index (χ2v) is 9.49. The van der Waals surface area contributed by atoms with Crippen LogP contribution in [0.5, 0.6) is 0 Å². The molecule has 4 nitrogen and oxygen atoms in total. The molecule has 25 heavy (non-hydrogen) atoms. The molecule has 138 valence electrons. The number of hydrogen-bond acceptors (Lipinski definition) is 4. The lowest BCUT2D eigenvalue weighted by atomic mass is 9.47. The fourth-order valence-corrected chi connectivity index (χ4v) is 7.10. The highest BCUT2D eigenvalue weighted by Crippen LogP contribution is 2.64. The number of oxime groups is 1. The molecule has 0 aromatic heterocycles. The first kappa shape index (κ1) is 17.1. The number of rotatable bonds is 2. The number of fused-ring (bicyclic) bond motifs is 5. The van der Waals surface area contributed by atoms with Gasteiger partial charge in [0.25, 0.3) is 0 Å². The maximum absolute atomic E-state index is 11.0. The Hall–Kier alpha value is -1.32. The van der Waals surface area contributed by atoms with E-state index in [9.17, 15) is 15.1 Å². The van der Waals surface area contributed by atoms with Crippen LogP contribution in [0.25, 0.3) is 0 Å². The fourth-order valence-electron chi connectivity index (χ4n) is 7.10. The summed E-state index contributed by atoms with van der Waals surface area (Å²) in [6.07, 6.45) is 11.3. The number of carbonyl (C=O) groups excluding carboxylic acids is 1. The van der Waals surface area contributed by atoms with Gasteiger partial charge in [-0.05, 0) is 86.9 Å². The van der Waals surface area contributed by atoms with E-state index in [1.807, 2.05) is 0 Å². The molecule has 0 unspecified atom stereocenters. The van der Waals surface area contributed by atoms with E-state index in [-0.39, 0.29) is 23.2 Å². The van der Waals surface area contributed by atoms with Crippen LogP contribution in [0.3, 0.4) is 0 Å². The zero-order chi connectivity index (χ0) is 17.8. The molecule has 4 rings (SSSR count). The molecule has 0 aromatic carbocycles. The monoisotopic (exact) mass is 344 g/mol. The topological polar surface area (TPSA) is 72.7 Å². The Labute approximate surface area is 150 Å². The van der Waals surface area contributed by atoms with Crippen molar-refractivity contribution in [1.82, 2.24) is 0 Å². The van der Waals surface area contributed by atoms with Crippen LogP contribution in [-0.2, 0) is 4.79 Å². The molecule has 0 amide bonds. The van der Waals surface area contributed by atoms with Crippen LogP contribution in [-0.4, -0.2) is 16.9 Å². The van der Waals surface area contributed by atoms with Crippen LogP contribution < -0.4 is 5.11 Å². The number of nitrogens with zero attached hydrogens (tertiary/aromatic N) is 1. The smallest absolute Gasteiger partial charge is 0.0632 e. The van der Waals surface area contributed by atoms with Gasteiger partial charge in [-0.1, -0.05) is 30.7 Å². The average molecular weight is 344 g/mol. The molecule has 0 aliphatic heterocycles. The number of aliphatic carboxylic acids is 1. The molecule has 1 N–H and O–H groups in total. The van der Waals surface area contributed by atoms with Crippen molar-refractivity contribution in [2.75, 3.05) is 0 Å². The van der Waals surface area contributed by atoms with Gasteiger partial charge >= 0.3 is 0 Å². The number of hydrogen-bond donors (Lipinski definition) is 1. The minimum Gasteiger partial charge on any atom is -0.550 e. The molecule has 0 bridgehead atoms. The molecule has 0 spiro atoms. The van der Waals surface area contributed by atoms with Crippen molar-refractivity contribution < 1.29 is 15.1 Å². The van der Waals surface area contributed by atoms with E-state index in [0.29, 0.717) is 17.8 Å². The summed E-state index contributed by atoms with van der Waals surface area (Å²) in [5.41, 5.74) is 2.87. The van der Waals surface area contributed by atoms with Crippen LogP contribution in [0.4, 0.5) is 0 Å². The lowest BCUT2D eigenvalue weighted by Gasteiger charge is -2.57. The summed E-state index contributed by atoms with van der Waals surface area (Å²) < 4.78 is 0. The second kappa shape index (κ2) is 5.85. The molecule has 4 aliphatic carbocycles. The maximum atomic E-state index is 11.0. The molecule has 0 saturated heterocycles. The minimum atomic E-state index is -0.905. The average Bonchev–Trinajstić information content (AvgIpc) is 2.91. The van der Waals surface area contributed by atoms with E-state index in [1.54, 1.807) is 0 Å². The third-order valence-electron chi connectivity index (χ3n) is 8.52. The summed E-state index contributed by atoms with van der Waals surface area (Å²) >= 11 is 0. The third kappa shape index (κ3) is 2.47. The summed E-state index contributed by atoms with van der Waals surface area (Å²) in [6, 6.07) is 0. The van der Waals surface area contributed by atoms with Gasteiger partial charge in [-0.2, -0.15) is 0 Å². The van der Waals surface area contributed by atoms with Gasteiger partial charge in [0.05, 0.1) is 5.71 Å². The Balaban J connectivity index is 1.60. The van der Waals surface area contributed by atoms with Crippen LogP contribution in [0.15, 0.2) is 16.8 Å². The molecule has 3 saturated carbocycles. The SMILES string of the molecule is C[C@]12CC[C@H](CC(=O)[O-])CC1=CC[C@@H]1[C@@H]2CC[C@]2(C)/C(=N\O)CC[C@@H]12. The highest BCUT2D eigenvalue weighted by atomic mass is 16.4. The summed E-state index contributed by atoms with van der Waals surface area (Å²) in [5, 5.41) is 24.1. The Morgan fingerprint density at radius 3 is 2.68 bits per heavy atom. The first-order valence-corrected chi connectivity index (χ1v) is 9.99. The summed E-state index contributed by atoms with van der Waals surface area (Å²) in [4.78, 5) is 11.0. The van der Waals surface area contributed by atoms with Gasteiger partial charge < -0.3 is 15.1 Å². The van der Waals surface area contributed by atoms with Gasteiger partial charge in [-0.3, -0.25) is 0 Å². The van der Waals surface area contributed by atoms with Crippen LogP contribution in [0, 0.1) is 34.5 Å².